The average Bonchev–Trinajstić information content (AvgIpc) is 2.77. The molecule has 1 N–H and O–H groups in total. The van der Waals surface area contributed by atoms with Crippen LogP contribution in [0.1, 0.15) is 29.2 Å². The van der Waals surface area contributed by atoms with Gasteiger partial charge in [-0.15, -0.1) is 11.3 Å². The van der Waals surface area contributed by atoms with Crippen LogP contribution in [-0.2, 0) is 6.18 Å². The quantitative estimate of drug-likeness (QED) is 0.787. The second kappa shape index (κ2) is 5.73. The fourth-order valence-corrected chi connectivity index (χ4v) is 2.97. The molecule has 0 aliphatic carbocycles. The molecule has 7 heteroatoms. The summed E-state index contributed by atoms with van der Waals surface area (Å²) in [5.74, 6) is 0. The molecule has 0 amide bonds. The highest BCUT2D eigenvalue weighted by atomic mass is 79.9. The van der Waals surface area contributed by atoms with E-state index in [-0.39, 0.29) is 6.04 Å². The number of halogens is 4. The Morgan fingerprint density at radius 3 is 2.55 bits per heavy atom. The molecule has 0 fully saturated rings. The summed E-state index contributed by atoms with van der Waals surface area (Å²) in [6.45, 7) is 3.82. The second-order valence-electron chi connectivity index (χ2n) is 4.39. The lowest BCUT2D eigenvalue weighted by atomic mass is 10.2. The molecular weight excluding hydrogens is 353 g/mol. The van der Waals surface area contributed by atoms with Crippen molar-refractivity contribution < 1.29 is 13.2 Å². The Morgan fingerprint density at radius 2 is 2.05 bits per heavy atom. The van der Waals surface area contributed by atoms with Crippen molar-refractivity contribution >= 4 is 33.0 Å². The Balaban J connectivity index is 2.18. The first-order chi connectivity index (χ1) is 9.27. The van der Waals surface area contributed by atoms with Crippen molar-refractivity contribution in [1.29, 1.82) is 0 Å². The molecule has 1 aromatic carbocycles. The molecule has 1 unspecified atom stereocenters. The van der Waals surface area contributed by atoms with Crippen LogP contribution in [0.2, 0.25) is 0 Å². The van der Waals surface area contributed by atoms with Crippen molar-refractivity contribution in [3.63, 3.8) is 0 Å². The van der Waals surface area contributed by atoms with Crippen LogP contribution in [0.25, 0.3) is 0 Å². The maximum atomic E-state index is 12.6. The lowest BCUT2D eigenvalue weighted by Crippen LogP contribution is -2.09. The normalized spacial score (nSPS) is 13.3. The molecule has 0 bridgehead atoms. The molecule has 20 heavy (non-hydrogen) atoms. The maximum Gasteiger partial charge on any atom is 0.416 e. The summed E-state index contributed by atoms with van der Waals surface area (Å²) < 4.78 is 38.1. The van der Waals surface area contributed by atoms with Gasteiger partial charge in [0.1, 0.15) is 5.01 Å². The first-order valence-corrected chi connectivity index (χ1v) is 7.50. The number of hydrogen-bond acceptors (Lipinski definition) is 3. The number of anilines is 1. The maximum absolute atomic E-state index is 12.6. The molecule has 0 saturated carbocycles. The highest BCUT2D eigenvalue weighted by Gasteiger charge is 2.30. The van der Waals surface area contributed by atoms with E-state index in [0.29, 0.717) is 10.2 Å². The first-order valence-electron chi connectivity index (χ1n) is 5.82. The number of alkyl halides is 3. The van der Waals surface area contributed by atoms with Crippen LogP contribution < -0.4 is 5.32 Å². The Bertz CT molecular complexity index is 610. The van der Waals surface area contributed by atoms with Gasteiger partial charge in [0.05, 0.1) is 11.6 Å². The molecular formula is C13H12BrF3N2S. The monoisotopic (exact) mass is 364 g/mol. The van der Waals surface area contributed by atoms with E-state index < -0.39 is 11.7 Å². The zero-order chi connectivity index (χ0) is 14.9. The highest BCUT2D eigenvalue weighted by Crippen LogP contribution is 2.35. The van der Waals surface area contributed by atoms with Gasteiger partial charge in [0.25, 0.3) is 0 Å². The molecule has 2 nitrogen and oxygen atoms in total. The minimum atomic E-state index is -4.33. The topological polar surface area (TPSA) is 24.9 Å². The van der Waals surface area contributed by atoms with Gasteiger partial charge in [0.15, 0.2) is 0 Å². The predicted octanol–water partition coefficient (Wildman–Crippen LogP) is 5.41. The van der Waals surface area contributed by atoms with Crippen molar-refractivity contribution in [3.05, 3.63) is 44.3 Å². The zero-order valence-corrected chi connectivity index (χ0v) is 13.2. The van der Waals surface area contributed by atoms with Crippen LogP contribution >= 0.6 is 27.3 Å². The van der Waals surface area contributed by atoms with Gasteiger partial charge < -0.3 is 5.32 Å². The smallest absolute Gasteiger partial charge is 0.375 e. The van der Waals surface area contributed by atoms with E-state index in [9.17, 15) is 13.2 Å². The summed E-state index contributed by atoms with van der Waals surface area (Å²) in [5.41, 5.74) is 0.871. The number of rotatable bonds is 3. The van der Waals surface area contributed by atoms with Crippen LogP contribution in [0.15, 0.2) is 28.1 Å². The lowest BCUT2D eigenvalue weighted by Gasteiger charge is -2.15. The highest BCUT2D eigenvalue weighted by molar-refractivity contribution is 9.10. The van der Waals surface area contributed by atoms with Crippen LogP contribution in [0, 0.1) is 6.92 Å². The second-order valence-corrected chi connectivity index (χ2v) is 6.13. The SMILES string of the molecule is Cc1csc(C(C)Nc2ccc(C(F)(F)F)cc2Br)n1. The molecule has 1 atom stereocenters. The predicted molar refractivity (Wildman–Crippen MR) is 78.0 cm³/mol. The Morgan fingerprint density at radius 1 is 1.35 bits per heavy atom. The van der Waals surface area contributed by atoms with Crippen molar-refractivity contribution in [3.8, 4) is 0 Å². The number of benzene rings is 1. The standard InChI is InChI=1S/C13H12BrF3N2S/c1-7-6-20-12(18-7)8(2)19-11-4-3-9(5-10(11)14)13(15,16)17/h3-6,8,19H,1-2H3. The third-order valence-electron chi connectivity index (χ3n) is 2.68. The summed E-state index contributed by atoms with van der Waals surface area (Å²) in [5, 5.41) is 5.99. The van der Waals surface area contributed by atoms with E-state index in [0.717, 1.165) is 22.8 Å². The van der Waals surface area contributed by atoms with Gasteiger partial charge in [-0.1, -0.05) is 0 Å². The fourth-order valence-electron chi connectivity index (χ4n) is 1.67. The summed E-state index contributed by atoms with van der Waals surface area (Å²) in [7, 11) is 0. The summed E-state index contributed by atoms with van der Waals surface area (Å²) in [4.78, 5) is 4.35. The molecule has 2 aromatic rings. The van der Waals surface area contributed by atoms with Crippen molar-refractivity contribution in [1.82, 2.24) is 4.98 Å². The Kier molecular flexibility index (Phi) is 4.39. The van der Waals surface area contributed by atoms with E-state index in [4.69, 9.17) is 0 Å². The van der Waals surface area contributed by atoms with E-state index in [1.54, 1.807) is 0 Å². The molecule has 0 aliphatic rings. The molecule has 108 valence electrons. The van der Waals surface area contributed by atoms with Crippen LogP contribution in [0.4, 0.5) is 18.9 Å². The van der Waals surface area contributed by atoms with Crippen molar-refractivity contribution in [2.75, 3.05) is 5.32 Å². The van der Waals surface area contributed by atoms with E-state index in [2.05, 4.69) is 26.2 Å². The third kappa shape index (κ3) is 3.52. The van der Waals surface area contributed by atoms with Gasteiger partial charge in [0, 0.05) is 21.2 Å². The molecule has 2 rings (SSSR count). The van der Waals surface area contributed by atoms with Crippen molar-refractivity contribution in [2.45, 2.75) is 26.1 Å². The van der Waals surface area contributed by atoms with Gasteiger partial charge in [-0.3, -0.25) is 0 Å². The van der Waals surface area contributed by atoms with Gasteiger partial charge in [-0.05, 0) is 48.0 Å². The van der Waals surface area contributed by atoms with Crippen LogP contribution in [-0.4, -0.2) is 4.98 Å². The third-order valence-corrected chi connectivity index (χ3v) is 4.48. The molecule has 1 heterocycles. The van der Waals surface area contributed by atoms with Crippen molar-refractivity contribution in [2.24, 2.45) is 0 Å². The minimum Gasteiger partial charge on any atom is -0.375 e. The molecule has 1 aromatic heterocycles. The van der Waals surface area contributed by atoms with E-state index >= 15 is 0 Å². The number of thiazole rings is 1. The minimum absolute atomic E-state index is 0.0678. The van der Waals surface area contributed by atoms with E-state index in [1.807, 2.05) is 19.2 Å². The number of nitrogens with zero attached hydrogens (tertiary/aromatic N) is 1. The summed E-state index contributed by atoms with van der Waals surface area (Å²) in [6.07, 6.45) is -4.33. The van der Waals surface area contributed by atoms with Gasteiger partial charge in [-0.25, -0.2) is 4.98 Å². The van der Waals surface area contributed by atoms with E-state index in [1.165, 1.54) is 17.4 Å². The largest absolute Gasteiger partial charge is 0.416 e. The summed E-state index contributed by atoms with van der Waals surface area (Å²) >= 11 is 4.69. The first kappa shape index (κ1) is 15.3. The molecule has 0 aliphatic heterocycles. The number of hydrogen-bond donors (Lipinski definition) is 1. The van der Waals surface area contributed by atoms with Crippen LogP contribution in [0.3, 0.4) is 0 Å². The number of aromatic nitrogens is 1. The molecule has 0 radical (unpaired) electrons. The van der Waals surface area contributed by atoms with Gasteiger partial charge in [-0.2, -0.15) is 13.2 Å². The lowest BCUT2D eigenvalue weighted by molar-refractivity contribution is -0.137. The Hall–Kier alpha value is -1.08. The molecule has 0 spiro atoms. The summed E-state index contributed by atoms with van der Waals surface area (Å²) in [6, 6.07) is 3.49. The van der Waals surface area contributed by atoms with Gasteiger partial charge >= 0.3 is 6.18 Å². The fraction of sp³-hybridized carbons (Fsp3) is 0.308. The number of nitrogens with one attached hydrogen (secondary N) is 1. The molecule has 0 saturated heterocycles. The van der Waals surface area contributed by atoms with Gasteiger partial charge in [0.2, 0.25) is 0 Å². The average molecular weight is 365 g/mol. The van der Waals surface area contributed by atoms with Crippen LogP contribution in [0.5, 0.6) is 0 Å². The number of aryl methyl sites for hydroxylation is 1. The zero-order valence-electron chi connectivity index (χ0n) is 10.8. The Labute approximate surface area is 127 Å².